The lowest BCUT2D eigenvalue weighted by Gasteiger charge is -2.66. The molecular weight excluding hydrogens is 480 g/mol. The first-order valence-corrected chi connectivity index (χ1v) is 15.4. The van der Waals surface area contributed by atoms with E-state index in [2.05, 4.69) is 34.6 Å². The maximum atomic E-state index is 12.4. The number of hydrogen-bond acceptors (Lipinski definition) is 6. The second kappa shape index (κ2) is 9.30. The molecule has 7 nitrogen and oxygen atoms in total. The average molecular weight is 529 g/mol. The van der Waals surface area contributed by atoms with Crippen LogP contribution in [0, 0.1) is 40.4 Å². The van der Waals surface area contributed by atoms with Gasteiger partial charge in [-0.25, -0.2) is 4.18 Å². The summed E-state index contributed by atoms with van der Waals surface area (Å²) in [6.45, 7) is 13.4. The summed E-state index contributed by atoms with van der Waals surface area (Å²) in [6.07, 6.45) is 5.62. The van der Waals surface area contributed by atoms with Crippen molar-refractivity contribution < 1.29 is 32.5 Å². The molecule has 0 aromatic carbocycles. The summed E-state index contributed by atoms with van der Waals surface area (Å²) in [7, 11) is -4.87. The van der Waals surface area contributed by atoms with Gasteiger partial charge in [0.25, 0.3) is 0 Å². The van der Waals surface area contributed by atoms with E-state index in [4.69, 9.17) is 4.18 Å². The zero-order valence-corrected chi connectivity index (χ0v) is 23.7. The molecule has 208 valence electrons. The van der Waals surface area contributed by atoms with Crippen LogP contribution in [0.25, 0.3) is 0 Å². The van der Waals surface area contributed by atoms with Gasteiger partial charge in [0.1, 0.15) is 11.7 Å². The molecule has 1 unspecified atom stereocenters. The van der Waals surface area contributed by atoms with Gasteiger partial charge in [-0.15, -0.1) is 0 Å². The van der Waals surface area contributed by atoms with Crippen molar-refractivity contribution in [2.75, 3.05) is 0 Å². The Balaban J connectivity index is 1.71. The first-order valence-electron chi connectivity index (χ1n) is 14.0. The van der Waals surface area contributed by atoms with E-state index in [1.807, 2.05) is 0 Å². The molecule has 3 fully saturated rings. The van der Waals surface area contributed by atoms with Gasteiger partial charge in [0, 0.05) is 11.8 Å². The third kappa shape index (κ3) is 4.32. The van der Waals surface area contributed by atoms with Crippen LogP contribution in [0.5, 0.6) is 0 Å². The van der Waals surface area contributed by atoms with Crippen LogP contribution >= 0.6 is 0 Å². The molecule has 0 heterocycles. The number of hydrogen-bond donors (Lipinski definition) is 4. The van der Waals surface area contributed by atoms with Crippen LogP contribution in [-0.4, -0.2) is 51.7 Å². The summed E-state index contributed by atoms with van der Waals surface area (Å²) < 4.78 is 38.3. The van der Waals surface area contributed by atoms with Crippen molar-refractivity contribution in [3.63, 3.8) is 0 Å². The van der Waals surface area contributed by atoms with E-state index in [-0.39, 0.29) is 17.8 Å². The van der Waals surface area contributed by atoms with Crippen LogP contribution in [0.3, 0.4) is 0 Å². The Bertz CT molecular complexity index is 978. The van der Waals surface area contributed by atoms with Crippen molar-refractivity contribution in [1.82, 2.24) is 0 Å². The molecule has 0 aliphatic heterocycles. The van der Waals surface area contributed by atoms with Crippen LogP contribution in [0.4, 0.5) is 0 Å². The van der Waals surface area contributed by atoms with Crippen LogP contribution in [0.15, 0.2) is 11.6 Å². The maximum Gasteiger partial charge on any atom is 0.398 e. The molecule has 4 aliphatic carbocycles. The van der Waals surface area contributed by atoms with Crippen molar-refractivity contribution >= 4 is 10.4 Å². The third-order valence-corrected chi connectivity index (χ3v) is 12.1. The lowest BCUT2D eigenvalue weighted by atomic mass is 9.43. The predicted octanol–water partition coefficient (Wildman–Crippen LogP) is 4.66. The lowest BCUT2D eigenvalue weighted by molar-refractivity contribution is -0.255. The van der Waals surface area contributed by atoms with E-state index in [0.29, 0.717) is 42.9 Å². The van der Waals surface area contributed by atoms with Crippen molar-refractivity contribution in [2.45, 2.75) is 123 Å². The normalized spacial score (nSPS) is 46.5. The molecule has 0 aromatic rings. The molecule has 10 atom stereocenters. The topological polar surface area (TPSA) is 124 Å². The van der Waals surface area contributed by atoms with E-state index < -0.39 is 39.2 Å². The molecule has 0 radical (unpaired) electrons. The molecule has 0 aromatic heterocycles. The Kier molecular flexibility index (Phi) is 7.36. The van der Waals surface area contributed by atoms with E-state index in [0.717, 1.165) is 24.8 Å². The highest BCUT2D eigenvalue weighted by Crippen LogP contribution is 2.69. The Hall–Kier alpha value is -0.510. The van der Waals surface area contributed by atoms with Crippen LogP contribution < -0.4 is 0 Å². The van der Waals surface area contributed by atoms with Gasteiger partial charge in [-0.3, -0.25) is 4.55 Å². The highest BCUT2D eigenvalue weighted by Gasteiger charge is 2.71. The van der Waals surface area contributed by atoms with Gasteiger partial charge in [-0.2, -0.15) is 8.42 Å². The predicted molar refractivity (Wildman–Crippen MR) is 138 cm³/mol. The zero-order chi connectivity index (χ0) is 26.9. The largest absolute Gasteiger partial charge is 0.398 e. The summed E-state index contributed by atoms with van der Waals surface area (Å²) >= 11 is 0. The Morgan fingerprint density at radius 1 is 1.03 bits per heavy atom. The van der Waals surface area contributed by atoms with Crippen LogP contribution in [-0.2, 0) is 14.6 Å². The van der Waals surface area contributed by atoms with Gasteiger partial charge in [0.15, 0.2) is 0 Å². The SMILES string of the molecule is CC(C)C(C)CC[C@@H](C)[C@H]1CC[C@H]2C3=C[C@H](OS(=O)(=O)O)[C@@]4(O)C[C@@H](O)CC[C@]4(C)[C@@]3(O)CC[C@]12C. The van der Waals surface area contributed by atoms with Crippen molar-refractivity contribution in [2.24, 2.45) is 40.4 Å². The summed E-state index contributed by atoms with van der Waals surface area (Å²) in [5, 5.41) is 34.7. The van der Waals surface area contributed by atoms with Crippen LogP contribution in [0.2, 0.25) is 0 Å². The third-order valence-electron chi connectivity index (χ3n) is 11.6. The smallest absolute Gasteiger partial charge is 0.393 e. The molecule has 3 saturated carbocycles. The van der Waals surface area contributed by atoms with Gasteiger partial charge in [-0.1, -0.05) is 54.4 Å². The minimum absolute atomic E-state index is 0.0405. The molecule has 4 N–H and O–H groups in total. The van der Waals surface area contributed by atoms with Gasteiger partial charge in [0.2, 0.25) is 0 Å². The highest BCUT2D eigenvalue weighted by molar-refractivity contribution is 7.80. The monoisotopic (exact) mass is 528 g/mol. The summed E-state index contributed by atoms with van der Waals surface area (Å²) in [6, 6.07) is 0. The molecule has 4 rings (SSSR count). The fourth-order valence-corrected chi connectivity index (χ4v) is 9.23. The first-order chi connectivity index (χ1) is 16.5. The summed E-state index contributed by atoms with van der Waals surface area (Å²) in [5.41, 5.74) is -3.55. The molecule has 0 spiro atoms. The second-order valence-corrected chi connectivity index (χ2v) is 14.6. The number of fused-ring (bicyclic) bond motifs is 5. The molecule has 0 amide bonds. The molecular formula is C28H48O7S. The van der Waals surface area contributed by atoms with Gasteiger partial charge < -0.3 is 15.3 Å². The number of aliphatic hydroxyl groups excluding tert-OH is 1. The fourth-order valence-electron chi connectivity index (χ4n) is 8.75. The Morgan fingerprint density at radius 2 is 1.69 bits per heavy atom. The van der Waals surface area contributed by atoms with Crippen molar-refractivity contribution in [1.29, 1.82) is 0 Å². The minimum Gasteiger partial charge on any atom is -0.393 e. The minimum atomic E-state index is -4.87. The quantitative estimate of drug-likeness (QED) is 0.280. The van der Waals surface area contributed by atoms with E-state index in [9.17, 15) is 28.3 Å². The average Bonchev–Trinajstić information content (AvgIpc) is 3.11. The molecule has 8 heteroatoms. The second-order valence-electron chi connectivity index (χ2n) is 13.6. The molecule has 36 heavy (non-hydrogen) atoms. The van der Waals surface area contributed by atoms with Gasteiger partial charge in [-0.05, 0) is 85.2 Å². The fraction of sp³-hybridized carbons (Fsp3) is 0.929. The van der Waals surface area contributed by atoms with E-state index >= 15 is 0 Å². The maximum absolute atomic E-state index is 12.4. The zero-order valence-electron chi connectivity index (χ0n) is 22.9. The standard InChI is InChI=1S/C28H48O7S/c1-17(2)18(3)7-8-19(4)21-9-10-22-23-15-24(35-36(32,33)34)28(31)16-20(29)11-12-26(28,6)27(23,30)14-13-25(21,22)5/h15,17-22,24,29-31H,7-14,16H2,1-6H3,(H,32,33,34)/t18?,19-,20+,21-,22+,24+,25-,26-,27-,28+/m1/s1. The molecule has 0 saturated heterocycles. The highest BCUT2D eigenvalue weighted by atomic mass is 32.3. The lowest BCUT2D eigenvalue weighted by Crippen LogP contribution is -2.73. The summed E-state index contributed by atoms with van der Waals surface area (Å²) in [5.74, 6) is 2.42. The van der Waals surface area contributed by atoms with Gasteiger partial charge in [0.05, 0.1) is 11.7 Å². The van der Waals surface area contributed by atoms with Crippen molar-refractivity contribution in [3.8, 4) is 0 Å². The number of aliphatic hydroxyl groups is 3. The van der Waals surface area contributed by atoms with E-state index in [1.54, 1.807) is 13.0 Å². The molecule has 0 bridgehead atoms. The number of rotatable bonds is 7. The molecule has 4 aliphatic rings. The van der Waals surface area contributed by atoms with Crippen molar-refractivity contribution in [3.05, 3.63) is 11.6 Å². The van der Waals surface area contributed by atoms with E-state index in [1.165, 1.54) is 12.8 Å². The Morgan fingerprint density at radius 3 is 2.31 bits per heavy atom. The Labute approximate surface area is 217 Å². The summed E-state index contributed by atoms with van der Waals surface area (Å²) in [4.78, 5) is 0. The first kappa shape index (κ1) is 28.5. The van der Waals surface area contributed by atoms with Gasteiger partial charge >= 0.3 is 10.4 Å². The van der Waals surface area contributed by atoms with Crippen LogP contribution in [0.1, 0.15) is 99.3 Å².